The highest BCUT2D eigenvalue weighted by molar-refractivity contribution is 6.05. The number of ether oxygens (including phenoxy) is 3. The normalized spacial score (nSPS) is 10.4. The highest BCUT2D eigenvalue weighted by atomic mass is 16.5. The summed E-state index contributed by atoms with van der Waals surface area (Å²) >= 11 is 0. The van der Waals surface area contributed by atoms with Crippen LogP contribution in [0.1, 0.15) is 27.4 Å². The molecule has 0 aliphatic rings. The maximum absolute atomic E-state index is 12.5. The first-order chi connectivity index (χ1) is 13.5. The Morgan fingerprint density at radius 2 is 1.75 bits per heavy atom. The van der Waals surface area contributed by atoms with E-state index in [4.69, 9.17) is 18.7 Å². The molecule has 0 aliphatic carbocycles. The SMILES string of the molecule is COc1ccc(NC(=O)c2ccc(OCc3c(C)noc3C)cc2)c(OC)c1. The molecule has 2 aromatic carbocycles. The van der Waals surface area contributed by atoms with Crippen LogP contribution >= 0.6 is 0 Å². The predicted octanol–water partition coefficient (Wildman–Crippen LogP) is 4.14. The summed E-state index contributed by atoms with van der Waals surface area (Å²) in [6.07, 6.45) is 0. The van der Waals surface area contributed by atoms with Gasteiger partial charge in [-0.2, -0.15) is 0 Å². The van der Waals surface area contributed by atoms with E-state index in [0.717, 1.165) is 17.0 Å². The second-order valence-electron chi connectivity index (χ2n) is 6.14. The third kappa shape index (κ3) is 4.25. The fourth-order valence-corrected chi connectivity index (χ4v) is 2.66. The molecular weight excluding hydrogens is 360 g/mol. The number of nitrogens with zero attached hydrogens (tertiary/aromatic N) is 1. The second kappa shape index (κ2) is 8.47. The molecule has 28 heavy (non-hydrogen) atoms. The molecular formula is C21H22N2O5. The number of aromatic nitrogens is 1. The molecule has 0 saturated carbocycles. The molecule has 1 amide bonds. The van der Waals surface area contributed by atoms with Crippen LogP contribution in [-0.2, 0) is 6.61 Å². The van der Waals surface area contributed by atoms with Crippen molar-refractivity contribution in [2.45, 2.75) is 20.5 Å². The molecule has 7 nitrogen and oxygen atoms in total. The molecule has 1 aromatic heterocycles. The van der Waals surface area contributed by atoms with Gasteiger partial charge in [-0.05, 0) is 50.2 Å². The number of amides is 1. The number of methoxy groups -OCH3 is 2. The van der Waals surface area contributed by atoms with Gasteiger partial charge in [0.2, 0.25) is 0 Å². The molecule has 0 radical (unpaired) electrons. The molecule has 0 spiro atoms. The lowest BCUT2D eigenvalue weighted by Crippen LogP contribution is -2.12. The zero-order valence-electron chi connectivity index (χ0n) is 16.2. The van der Waals surface area contributed by atoms with Gasteiger partial charge in [-0.1, -0.05) is 5.16 Å². The van der Waals surface area contributed by atoms with Crippen LogP contribution in [0.3, 0.4) is 0 Å². The van der Waals surface area contributed by atoms with Crippen molar-refractivity contribution in [3.63, 3.8) is 0 Å². The lowest BCUT2D eigenvalue weighted by Gasteiger charge is -2.12. The van der Waals surface area contributed by atoms with Crippen LogP contribution in [0.2, 0.25) is 0 Å². The first-order valence-corrected chi connectivity index (χ1v) is 8.69. The van der Waals surface area contributed by atoms with Gasteiger partial charge in [0.05, 0.1) is 31.2 Å². The Balaban J connectivity index is 1.65. The van der Waals surface area contributed by atoms with E-state index in [2.05, 4.69) is 10.5 Å². The Hall–Kier alpha value is -3.48. The van der Waals surface area contributed by atoms with Crippen LogP contribution < -0.4 is 19.5 Å². The molecule has 0 saturated heterocycles. The van der Waals surface area contributed by atoms with E-state index in [0.29, 0.717) is 35.1 Å². The van der Waals surface area contributed by atoms with Gasteiger partial charge in [0, 0.05) is 11.6 Å². The van der Waals surface area contributed by atoms with Crippen LogP contribution in [0.15, 0.2) is 47.0 Å². The summed E-state index contributed by atoms with van der Waals surface area (Å²) in [4.78, 5) is 12.5. The number of carbonyl (C=O) groups is 1. The summed E-state index contributed by atoms with van der Waals surface area (Å²) in [6.45, 7) is 4.07. The fraction of sp³-hybridized carbons (Fsp3) is 0.238. The maximum atomic E-state index is 12.5. The van der Waals surface area contributed by atoms with Crippen molar-refractivity contribution in [3.8, 4) is 17.2 Å². The zero-order valence-corrected chi connectivity index (χ0v) is 16.2. The van der Waals surface area contributed by atoms with Gasteiger partial charge in [-0.3, -0.25) is 4.79 Å². The predicted molar refractivity (Wildman–Crippen MR) is 104 cm³/mol. The van der Waals surface area contributed by atoms with E-state index in [1.54, 1.807) is 49.6 Å². The van der Waals surface area contributed by atoms with Gasteiger partial charge in [-0.25, -0.2) is 0 Å². The van der Waals surface area contributed by atoms with Gasteiger partial charge in [0.15, 0.2) is 0 Å². The van der Waals surface area contributed by atoms with Crippen molar-refractivity contribution in [3.05, 3.63) is 65.0 Å². The van der Waals surface area contributed by atoms with E-state index in [-0.39, 0.29) is 5.91 Å². The first-order valence-electron chi connectivity index (χ1n) is 8.69. The number of hydrogen-bond acceptors (Lipinski definition) is 6. The zero-order chi connectivity index (χ0) is 20.1. The standard InChI is InChI=1S/C21H22N2O5/c1-13-18(14(2)28-23-13)12-27-16-7-5-15(6-8-16)21(24)22-19-10-9-17(25-3)11-20(19)26-4/h5-11H,12H2,1-4H3,(H,22,24). The molecule has 0 aliphatic heterocycles. The molecule has 1 heterocycles. The van der Waals surface area contributed by atoms with E-state index in [9.17, 15) is 4.79 Å². The Kier molecular flexibility index (Phi) is 5.84. The number of nitrogens with one attached hydrogen (secondary N) is 1. The van der Waals surface area contributed by atoms with Crippen molar-refractivity contribution in [1.29, 1.82) is 0 Å². The summed E-state index contributed by atoms with van der Waals surface area (Å²) < 4.78 is 21.4. The van der Waals surface area contributed by atoms with Crippen LogP contribution in [0, 0.1) is 13.8 Å². The van der Waals surface area contributed by atoms with Crippen molar-refractivity contribution < 1.29 is 23.5 Å². The number of anilines is 1. The van der Waals surface area contributed by atoms with E-state index in [1.165, 1.54) is 7.11 Å². The number of rotatable bonds is 7. The number of aryl methyl sites for hydroxylation is 2. The monoisotopic (exact) mass is 382 g/mol. The summed E-state index contributed by atoms with van der Waals surface area (Å²) in [5.41, 5.74) is 2.80. The van der Waals surface area contributed by atoms with Gasteiger partial charge in [0.1, 0.15) is 29.6 Å². The Bertz CT molecular complexity index is 944. The van der Waals surface area contributed by atoms with Crippen LogP contribution in [-0.4, -0.2) is 25.3 Å². The Morgan fingerprint density at radius 1 is 1.04 bits per heavy atom. The van der Waals surface area contributed by atoms with E-state index >= 15 is 0 Å². The molecule has 1 N–H and O–H groups in total. The molecule has 0 bridgehead atoms. The lowest BCUT2D eigenvalue weighted by molar-refractivity contribution is 0.102. The molecule has 146 valence electrons. The lowest BCUT2D eigenvalue weighted by atomic mass is 10.2. The smallest absolute Gasteiger partial charge is 0.255 e. The molecule has 0 atom stereocenters. The minimum Gasteiger partial charge on any atom is -0.497 e. The molecule has 3 rings (SSSR count). The van der Waals surface area contributed by atoms with E-state index in [1.807, 2.05) is 13.8 Å². The number of hydrogen-bond donors (Lipinski definition) is 1. The minimum atomic E-state index is -0.249. The largest absolute Gasteiger partial charge is 0.497 e. The highest BCUT2D eigenvalue weighted by Crippen LogP contribution is 2.29. The molecule has 7 heteroatoms. The van der Waals surface area contributed by atoms with Crippen molar-refractivity contribution in [1.82, 2.24) is 5.16 Å². The third-order valence-corrected chi connectivity index (χ3v) is 4.34. The third-order valence-electron chi connectivity index (χ3n) is 4.34. The number of benzene rings is 2. The second-order valence-corrected chi connectivity index (χ2v) is 6.14. The number of carbonyl (C=O) groups excluding carboxylic acids is 1. The van der Waals surface area contributed by atoms with Gasteiger partial charge >= 0.3 is 0 Å². The summed E-state index contributed by atoms with van der Waals surface area (Å²) in [5, 5.41) is 6.74. The van der Waals surface area contributed by atoms with Gasteiger partial charge in [0.25, 0.3) is 5.91 Å². The fourth-order valence-electron chi connectivity index (χ4n) is 2.66. The van der Waals surface area contributed by atoms with Gasteiger partial charge < -0.3 is 24.1 Å². The Morgan fingerprint density at radius 3 is 2.36 bits per heavy atom. The maximum Gasteiger partial charge on any atom is 0.255 e. The summed E-state index contributed by atoms with van der Waals surface area (Å²) in [7, 11) is 3.11. The summed E-state index contributed by atoms with van der Waals surface area (Å²) in [5.74, 6) is 2.31. The van der Waals surface area contributed by atoms with Crippen LogP contribution in [0.4, 0.5) is 5.69 Å². The average Bonchev–Trinajstić information content (AvgIpc) is 3.04. The minimum absolute atomic E-state index is 0.249. The van der Waals surface area contributed by atoms with Crippen molar-refractivity contribution in [2.75, 3.05) is 19.5 Å². The summed E-state index contributed by atoms with van der Waals surface area (Å²) in [6, 6.07) is 12.1. The van der Waals surface area contributed by atoms with Gasteiger partial charge in [-0.15, -0.1) is 0 Å². The highest BCUT2D eigenvalue weighted by Gasteiger charge is 2.12. The van der Waals surface area contributed by atoms with Crippen molar-refractivity contribution in [2.24, 2.45) is 0 Å². The first kappa shape index (κ1) is 19.3. The molecule has 3 aromatic rings. The van der Waals surface area contributed by atoms with Crippen molar-refractivity contribution >= 4 is 11.6 Å². The quantitative estimate of drug-likeness (QED) is 0.661. The average molecular weight is 382 g/mol. The molecule has 0 fully saturated rings. The Labute approximate surface area is 163 Å². The molecule has 0 unspecified atom stereocenters. The van der Waals surface area contributed by atoms with Crippen LogP contribution in [0.5, 0.6) is 17.2 Å². The topological polar surface area (TPSA) is 82.8 Å². The van der Waals surface area contributed by atoms with E-state index < -0.39 is 0 Å². The van der Waals surface area contributed by atoms with Crippen LogP contribution in [0.25, 0.3) is 0 Å².